The van der Waals surface area contributed by atoms with E-state index in [1.807, 2.05) is 0 Å². The van der Waals surface area contributed by atoms with E-state index in [0.717, 1.165) is 6.42 Å². The molecular weight excluding hydrogens is 172 g/mol. The maximum absolute atomic E-state index is 10.6. The van der Waals surface area contributed by atoms with Crippen LogP contribution in [0.1, 0.15) is 35.1 Å². The number of aromatic nitrogens is 2. The van der Waals surface area contributed by atoms with Gasteiger partial charge >= 0.3 is 5.97 Å². The van der Waals surface area contributed by atoms with Crippen molar-refractivity contribution in [3.63, 3.8) is 0 Å². The number of hydrogen-bond donors (Lipinski definition) is 2. The van der Waals surface area contributed by atoms with Crippen molar-refractivity contribution in [1.29, 1.82) is 0 Å². The third kappa shape index (κ3) is 1.31. The molecule has 5 nitrogen and oxygen atoms in total. The van der Waals surface area contributed by atoms with Crippen LogP contribution < -0.4 is 0 Å². The van der Waals surface area contributed by atoms with E-state index in [4.69, 9.17) is 5.11 Å². The van der Waals surface area contributed by atoms with Crippen molar-refractivity contribution in [3.8, 4) is 0 Å². The van der Waals surface area contributed by atoms with Crippen LogP contribution in [-0.4, -0.2) is 26.0 Å². The fourth-order valence-electron chi connectivity index (χ4n) is 1.57. The average Bonchev–Trinajstić information content (AvgIpc) is 2.49. The Balaban J connectivity index is 2.42. The number of rotatable bonds is 1. The van der Waals surface area contributed by atoms with Crippen molar-refractivity contribution in [2.45, 2.75) is 25.5 Å². The lowest BCUT2D eigenvalue weighted by Crippen LogP contribution is -2.15. The molecule has 0 spiro atoms. The van der Waals surface area contributed by atoms with E-state index in [1.54, 1.807) is 4.68 Å². The molecule has 70 valence electrons. The Bertz CT molecular complexity index is 345. The van der Waals surface area contributed by atoms with Gasteiger partial charge in [0.2, 0.25) is 0 Å². The summed E-state index contributed by atoms with van der Waals surface area (Å²) >= 11 is 0. The second kappa shape index (κ2) is 2.85. The zero-order valence-corrected chi connectivity index (χ0v) is 6.97. The molecule has 0 saturated carbocycles. The average molecular weight is 182 g/mol. The lowest BCUT2D eigenvalue weighted by atomic mass is 10.1. The lowest BCUT2D eigenvalue weighted by molar-refractivity contribution is 0.0689. The van der Waals surface area contributed by atoms with Crippen LogP contribution in [0.5, 0.6) is 0 Å². The van der Waals surface area contributed by atoms with Crippen LogP contribution in [0, 0.1) is 0 Å². The minimum absolute atomic E-state index is 0.0101. The molecule has 0 aromatic carbocycles. The minimum Gasteiger partial charge on any atom is -0.476 e. The van der Waals surface area contributed by atoms with Gasteiger partial charge in [-0.15, -0.1) is 0 Å². The number of aliphatic hydroxyl groups excluding tert-OH is 1. The van der Waals surface area contributed by atoms with Gasteiger partial charge in [0.1, 0.15) is 0 Å². The maximum Gasteiger partial charge on any atom is 0.356 e. The van der Waals surface area contributed by atoms with E-state index in [1.165, 1.54) is 6.07 Å². The van der Waals surface area contributed by atoms with Gasteiger partial charge in [0, 0.05) is 6.54 Å². The number of aliphatic hydroxyl groups is 1. The molecule has 1 aromatic rings. The SMILES string of the molecule is O=C(O)c1cc2n(n1)CCCC2O. The molecule has 1 aliphatic heterocycles. The normalized spacial score (nSPS) is 21.2. The molecule has 2 rings (SSSR count). The van der Waals surface area contributed by atoms with E-state index >= 15 is 0 Å². The summed E-state index contributed by atoms with van der Waals surface area (Å²) in [5.41, 5.74) is 0.625. The molecule has 5 heteroatoms. The van der Waals surface area contributed by atoms with Crippen molar-refractivity contribution in [3.05, 3.63) is 17.5 Å². The molecule has 1 unspecified atom stereocenters. The van der Waals surface area contributed by atoms with Crippen molar-refractivity contribution in [2.24, 2.45) is 0 Å². The maximum atomic E-state index is 10.6. The quantitative estimate of drug-likeness (QED) is 0.659. The first-order valence-electron chi connectivity index (χ1n) is 4.17. The number of hydrogen-bond acceptors (Lipinski definition) is 3. The van der Waals surface area contributed by atoms with E-state index in [0.29, 0.717) is 18.7 Å². The van der Waals surface area contributed by atoms with Gasteiger partial charge in [-0.2, -0.15) is 5.10 Å². The number of aryl methyl sites for hydroxylation is 1. The smallest absolute Gasteiger partial charge is 0.356 e. The third-order valence-corrected chi connectivity index (χ3v) is 2.22. The summed E-state index contributed by atoms with van der Waals surface area (Å²) in [6.45, 7) is 0.694. The van der Waals surface area contributed by atoms with Crippen LogP contribution in [0.2, 0.25) is 0 Å². The number of nitrogens with zero attached hydrogens (tertiary/aromatic N) is 2. The van der Waals surface area contributed by atoms with Crippen LogP contribution in [0.15, 0.2) is 6.07 Å². The van der Waals surface area contributed by atoms with Gasteiger partial charge in [-0.3, -0.25) is 4.68 Å². The highest BCUT2D eigenvalue weighted by molar-refractivity contribution is 5.85. The zero-order chi connectivity index (χ0) is 9.42. The van der Waals surface area contributed by atoms with Gasteiger partial charge in [0.15, 0.2) is 5.69 Å². The van der Waals surface area contributed by atoms with Crippen LogP contribution in [0.25, 0.3) is 0 Å². The summed E-state index contributed by atoms with van der Waals surface area (Å²) in [6, 6.07) is 1.44. The first kappa shape index (κ1) is 8.25. The molecule has 2 N–H and O–H groups in total. The molecule has 0 amide bonds. The number of carboxylic acids is 1. The highest BCUT2D eigenvalue weighted by Gasteiger charge is 2.22. The topological polar surface area (TPSA) is 75.3 Å². The van der Waals surface area contributed by atoms with Crippen LogP contribution >= 0.6 is 0 Å². The Kier molecular flexibility index (Phi) is 1.81. The summed E-state index contributed by atoms with van der Waals surface area (Å²) in [5.74, 6) is -1.05. The van der Waals surface area contributed by atoms with Gasteiger partial charge in [0.05, 0.1) is 11.8 Å². The molecule has 0 aliphatic carbocycles. The summed E-state index contributed by atoms with van der Waals surface area (Å²) < 4.78 is 1.57. The molecule has 0 fully saturated rings. The van der Waals surface area contributed by atoms with Crippen LogP contribution in [0.3, 0.4) is 0 Å². The van der Waals surface area contributed by atoms with E-state index in [9.17, 15) is 9.90 Å². The fourth-order valence-corrected chi connectivity index (χ4v) is 1.57. The Morgan fingerprint density at radius 1 is 1.69 bits per heavy atom. The third-order valence-electron chi connectivity index (χ3n) is 2.22. The van der Waals surface area contributed by atoms with Crippen molar-refractivity contribution in [1.82, 2.24) is 9.78 Å². The Labute approximate surface area is 74.6 Å². The van der Waals surface area contributed by atoms with Crippen molar-refractivity contribution in [2.75, 3.05) is 0 Å². The Morgan fingerprint density at radius 3 is 3.08 bits per heavy atom. The monoisotopic (exact) mass is 182 g/mol. The summed E-state index contributed by atoms with van der Waals surface area (Å²) in [4.78, 5) is 10.6. The number of carbonyl (C=O) groups is 1. The fraction of sp³-hybridized carbons (Fsp3) is 0.500. The molecule has 13 heavy (non-hydrogen) atoms. The predicted octanol–water partition coefficient (Wildman–Crippen LogP) is 0.408. The highest BCUT2D eigenvalue weighted by Crippen LogP contribution is 2.24. The van der Waals surface area contributed by atoms with E-state index < -0.39 is 12.1 Å². The Morgan fingerprint density at radius 2 is 2.46 bits per heavy atom. The molecule has 0 bridgehead atoms. The second-order valence-corrected chi connectivity index (χ2v) is 3.14. The van der Waals surface area contributed by atoms with Gasteiger partial charge in [-0.25, -0.2) is 4.79 Å². The molecule has 0 radical (unpaired) electrons. The molecule has 1 atom stereocenters. The molecule has 2 heterocycles. The van der Waals surface area contributed by atoms with Crippen molar-refractivity contribution < 1.29 is 15.0 Å². The first-order valence-corrected chi connectivity index (χ1v) is 4.17. The molecule has 1 aromatic heterocycles. The Hall–Kier alpha value is -1.36. The first-order chi connectivity index (χ1) is 6.18. The number of aromatic carboxylic acids is 1. The van der Waals surface area contributed by atoms with Crippen LogP contribution in [-0.2, 0) is 6.54 Å². The summed E-state index contributed by atoms with van der Waals surface area (Å²) in [7, 11) is 0. The second-order valence-electron chi connectivity index (χ2n) is 3.14. The van der Waals surface area contributed by atoms with Gasteiger partial charge in [-0.05, 0) is 18.9 Å². The van der Waals surface area contributed by atoms with Crippen molar-refractivity contribution >= 4 is 5.97 Å². The predicted molar refractivity (Wildman–Crippen MR) is 43.4 cm³/mol. The molecule has 0 saturated heterocycles. The number of carboxylic acid groups (broad SMARTS) is 1. The largest absolute Gasteiger partial charge is 0.476 e. The number of fused-ring (bicyclic) bond motifs is 1. The molecular formula is C8H10N2O3. The van der Waals surface area contributed by atoms with Gasteiger partial charge in [0.25, 0.3) is 0 Å². The summed E-state index contributed by atoms with van der Waals surface area (Å²) in [6.07, 6.45) is 0.967. The molecule has 1 aliphatic rings. The van der Waals surface area contributed by atoms with Gasteiger partial charge < -0.3 is 10.2 Å². The standard InChI is InChI=1S/C8H10N2O3/c11-7-2-1-3-10-6(7)4-5(9-10)8(12)13/h4,7,11H,1-3H2,(H,12,13). The van der Waals surface area contributed by atoms with E-state index in [2.05, 4.69) is 5.10 Å². The highest BCUT2D eigenvalue weighted by atomic mass is 16.4. The zero-order valence-electron chi connectivity index (χ0n) is 6.97. The van der Waals surface area contributed by atoms with E-state index in [-0.39, 0.29) is 5.69 Å². The summed E-state index contributed by atoms with van der Waals surface area (Å²) in [5, 5.41) is 22.0. The minimum atomic E-state index is -1.05. The van der Waals surface area contributed by atoms with Gasteiger partial charge in [-0.1, -0.05) is 0 Å². The lowest BCUT2D eigenvalue weighted by Gasteiger charge is -2.18. The van der Waals surface area contributed by atoms with Crippen LogP contribution in [0.4, 0.5) is 0 Å².